The van der Waals surface area contributed by atoms with Crippen molar-refractivity contribution in [2.24, 2.45) is 5.92 Å². The van der Waals surface area contributed by atoms with Gasteiger partial charge in [0.1, 0.15) is 5.52 Å². The molecule has 136 valence electrons. The minimum absolute atomic E-state index is 0.0581. The largest absolute Gasteiger partial charge is 0.424 e. The molecular formula is C22H20N2O3. The van der Waals surface area contributed by atoms with Crippen LogP contribution >= 0.6 is 0 Å². The number of aryl methyl sites for hydroxylation is 1. The summed E-state index contributed by atoms with van der Waals surface area (Å²) in [7, 11) is 0. The van der Waals surface area contributed by atoms with E-state index in [-0.39, 0.29) is 12.3 Å². The number of rotatable bonds is 4. The van der Waals surface area contributed by atoms with Crippen molar-refractivity contribution in [2.45, 2.75) is 19.8 Å². The van der Waals surface area contributed by atoms with Gasteiger partial charge in [0.25, 0.3) is 0 Å². The number of pyridine rings is 1. The molecule has 27 heavy (non-hydrogen) atoms. The molecule has 0 saturated carbocycles. The lowest BCUT2D eigenvalue weighted by atomic mass is 10.1. The maximum atomic E-state index is 12.7. The maximum Gasteiger partial charge on any atom is 0.316 e. The minimum Gasteiger partial charge on any atom is -0.424 e. The van der Waals surface area contributed by atoms with E-state index in [4.69, 9.17) is 4.74 Å². The van der Waals surface area contributed by atoms with E-state index in [2.05, 4.69) is 11.9 Å². The van der Waals surface area contributed by atoms with Crippen LogP contribution in [-0.4, -0.2) is 23.4 Å². The third kappa shape index (κ3) is 3.40. The number of carbonyl (C=O) groups is 2. The second-order valence-electron chi connectivity index (χ2n) is 6.68. The number of amides is 1. The second kappa shape index (κ2) is 7.19. The summed E-state index contributed by atoms with van der Waals surface area (Å²) in [4.78, 5) is 31.0. The van der Waals surface area contributed by atoms with Gasteiger partial charge in [-0.2, -0.15) is 0 Å². The molecule has 1 aliphatic rings. The number of fused-ring (bicyclic) bond motifs is 1. The van der Waals surface area contributed by atoms with Crippen LogP contribution in [0.2, 0.25) is 0 Å². The molecular weight excluding hydrogens is 340 g/mol. The van der Waals surface area contributed by atoms with Gasteiger partial charge >= 0.3 is 5.97 Å². The van der Waals surface area contributed by atoms with Gasteiger partial charge in [0.05, 0.1) is 5.92 Å². The molecule has 0 spiro atoms. The SMILES string of the molecule is CCc1ccc(N2C[C@@H](C(=O)Oc3cccc4cccnc34)CC2=O)cc1. The number of esters is 1. The molecule has 1 saturated heterocycles. The lowest BCUT2D eigenvalue weighted by Crippen LogP contribution is -2.27. The number of ether oxygens (including phenoxy) is 1. The van der Waals surface area contributed by atoms with Crippen molar-refractivity contribution in [2.75, 3.05) is 11.4 Å². The molecule has 1 fully saturated rings. The maximum absolute atomic E-state index is 12.7. The van der Waals surface area contributed by atoms with Gasteiger partial charge in [0, 0.05) is 30.2 Å². The molecule has 1 aromatic heterocycles. The summed E-state index contributed by atoms with van der Waals surface area (Å²) < 4.78 is 5.60. The Morgan fingerprint density at radius 1 is 1.15 bits per heavy atom. The molecule has 1 atom stereocenters. The molecule has 0 radical (unpaired) electrons. The highest BCUT2D eigenvalue weighted by Crippen LogP contribution is 2.28. The Bertz CT molecular complexity index is 993. The highest BCUT2D eigenvalue weighted by atomic mass is 16.5. The molecule has 5 nitrogen and oxygen atoms in total. The molecule has 4 rings (SSSR count). The van der Waals surface area contributed by atoms with Crippen molar-refractivity contribution in [1.29, 1.82) is 0 Å². The van der Waals surface area contributed by atoms with E-state index in [1.54, 1.807) is 17.2 Å². The molecule has 1 aliphatic heterocycles. The summed E-state index contributed by atoms with van der Waals surface area (Å²) in [5.41, 5.74) is 2.67. The average molecular weight is 360 g/mol. The van der Waals surface area contributed by atoms with Crippen molar-refractivity contribution in [3.05, 3.63) is 66.4 Å². The number of hydrogen-bond donors (Lipinski definition) is 0. The van der Waals surface area contributed by atoms with Crippen molar-refractivity contribution in [1.82, 2.24) is 4.98 Å². The van der Waals surface area contributed by atoms with Crippen molar-refractivity contribution in [3.63, 3.8) is 0 Å². The summed E-state index contributed by atoms with van der Waals surface area (Å²) in [6, 6.07) is 17.1. The first-order valence-corrected chi connectivity index (χ1v) is 9.10. The fourth-order valence-electron chi connectivity index (χ4n) is 3.38. The number of nitrogens with zero attached hydrogens (tertiary/aromatic N) is 2. The van der Waals surface area contributed by atoms with Gasteiger partial charge in [-0.25, -0.2) is 0 Å². The first-order chi connectivity index (χ1) is 13.2. The molecule has 3 aromatic rings. The summed E-state index contributed by atoms with van der Waals surface area (Å²) in [6.45, 7) is 2.42. The Balaban J connectivity index is 1.50. The van der Waals surface area contributed by atoms with Crippen molar-refractivity contribution < 1.29 is 14.3 Å². The van der Waals surface area contributed by atoms with E-state index in [0.29, 0.717) is 17.8 Å². The van der Waals surface area contributed by atoms with Gasteiger partial charge in [-0.3, -0.25) is 14.6 Å². The number of hydrogen-bond acceptors (Lipinski definition) is 4. The Hall–Kier alpha value is -3.21. The number of benzene rings is 2. The monoisotopic (exact) mass is 360 g/mol. The number of anilines is 1. The average Bonchev–Trinajstić information content (AvgIpc) is 3.10. The Morgan fingerprint density at radius 2 is 1.93 bits per heavy atom. The Kier molecular flexibility index (Phi) is 4.59. The fraction of sp³-hybridized carbons (Fsp3) is 0.227. The Labute approximate surface area is 157 Å². The number of aromatic nitrogens is 1. The molecule has 0 aliphatic carbocycles. The first-order valence-electron chi connectivity index (χ1n) is 9.10. The highest BCUT2D eigenvalue weighted by molar-refractivity contribution is 6.00. The van der Waals surface area contributed by atoms with E-state index in [1.165, 1.54) is 5.56 Å². The van der Waals surface area contributed by atoms with Crippen LogP contribution in [0.1, 0.15) is 18.9 Å². The van der Waals surface area contributed by atoms with Gasteiger partial charge in [0.2, 0.25) is 5.91 Å². The molecule has 5 heteroatoms. The topological polar surface area (TPSA) is 59.5 Å². The van der Waals surface area contributed by atoms with Crippen LogP contribution < -0.4 is 9.64 Å². The van der Waals surface area contributed by atoms with Crippen LogP contribution in [0, 0.1) is 5.92 Å². The van der Waals surface area contributed by atoms with Crippen molar-refractivity contribution >= 4 is 28.5 Å². The predicted molar refractivity (Wildman–Crippen MR) is 104 cm³/mol. The van der Waals surface area contributed by atoms with Gasteiger partial charge in [-0.15, -0.1) is 0 Å². The van der Waals surface area contributed by atoms with Crippen LogP contribution in [0.4, 0.5) is 5.69 Å². The quantitative estimate of drug-likeness (QED) is 0.525. The minimum atomic E-state index is -0.484. The zero-order valence-corrected chi connectivity index (χ0v) is 15.1. The van der Waals surface area contributed by atoms with Gasteiger partial charge in [-0.05, 0) is 36.2 Å². The predicted octanol–water partition coefficient (Wildman–Crippen LogP) is 3.76. The van der Waals surface area contributed by atoms with Crippen LogP contribution in [0.25, 0.3) is 10.9 Å². The van der Waals surface area contributed by atoms with Crippen LogP contribution in [0.5, 0.6) is 5.75 Å². The second-order valence-corrected chi connectivity index (χ2v) is 6.68. The van der Waals surface area contributed by atoms with E-state index < -0.39 is 11.9 Å². The molecule has 1 amide bonds. The molecule has 0 unspecified atom stereocenters. The molecule has 2 aromatic carbocycles. The standard InChI is InChI=1S/C22H20N2O3/c1-2-15-8-10-18(11-9-15)24-14-17(13-20(24)25)22(26)27-19-7-3-5-16-6-4-12-23-21(16)19/h3-12,17H,2,13-14H2,1H3/t17-/m0/s1. The van der Waals surface area contributed by atoms with Crippen LogP contribution in [0.15, 0.2) is 60.8 Å². The molecule has 2 heterocycles. The summed E-state index contributed by atoms with van der Waals surface area (Å²) in [5.74, 6) is -0.509. The molecule has 0 bridgehead atoms. The van der Waals surface area contributed by atoms with Crippen molar-refractivity contribution in [3.8, 4) is 5.75 Å². The normalized spacial score (nSPS) is 16.7. The third-order valence-corrected chi connectivity index (χ3v) is 4.92. The van der Waals surface area contributed by atoms with Gasteiger partial charge in [0.15, 0.2) is 5.75 Å². The summed E-state index contributed by atoms with van der Waals surface area (Å²) >= 11 is 0. The summed E-state index contributed by atoms with van der Waals surface area (Å²) in [6.07, 6.45) is 2.77. The van der Waals surface area contributed by atoms with E-state index in [1.807, 2.05) is 48.5 Å². The van der Waals surface area contributed by atoms with E-state index >= 15 is 0 Å². The summed E-state index contributed by atoms with van der Waals surface area (Å²) in [5, 5.41) is 0.905. The van der Waals surface area contributed by atoms with Crippen LogP contribution in [0.3, 0.4) is 0 Å². The first kappa shape index (κ1) is 17.2. The lowest BCUT2D eigenvalue weighted by molar-refractivity contribution is -0.139. The Morgan fingerprint density at radius 3 is 2.70 bits per heavy atom. The van der Waals surface area contributed by atoms with E-state index in [0.717, 1.165) is 17.5 Å². The zero-order chi connectivity index (χ0) is 18.8. The lowest BCUT2D eigenvalue weighted by Gasteiger charge is -2.17. The van der Waals surface area contributed by atoms with E-state index in [9.17, 15) is 9.59 Å². The zero-order valence-electron chi connectivity index (χ0n) is 15.1. The molecule has 0 N–H and O–H groups in total. The number of para-hydroxylation sites is 1. The van der Waals surface area contributed by atoms with Gasteiger partial charge < -0.3 is 9.64 Å². The highest BCUT2D eigenvalue weighted by Gasteiger charge is 2.36. The van der Waals surface area contributed by atoms with Crippen LogP contribution in [-0.2, 0) is 16.0 Å². The van der Waals surface area contributed by atoms with Gasteiger partial charge in [-0.1, -0.05) is 37.3 Å². The fourth-order valence-corrected chi connectivity index (χ4v) is 3.38. The number of carbonyl (C=O) groups excluding carboxylic acids is 2. The smallest absolute Gasteiger partial charge is 0.316 e. The third-order valence-electron chi connectivity index (χ3n) is 4.92.